The van der Waals surface area contributed by atoms with E-state index < -0.39 is 0 Å². The summed E-state index contributed by atoms with van der Waals surface area (Å²) in [4.78, 5) is 33.4. The summed E-state index contributed by atoms with van der Waals surface area (Å²) in [7, 11) is 1.72. The summed E-state index contributed by atoms with van der Waals surface area (Å²) in [5, 5.41) is 9.79. The van der Waals surface area contributed by atoms with Gasteiger partial charge in [0.05, 0.1) is 4.91 Å². The lowest BCUT2D eigenvalue weighted by Crippen LogP contribution is -2.48. The second-order valence-electron chi connectivity index (χ2n) is 10.6. The fourth-order valence-corrected chi connectivity index (χ4v) is 6.72. The van der Waals surface area contributed by atoms with Gasteiger partial charge in [0.2, 0.25) is 0 Å². The molecule has 2 aliphatic heterocycles. The first-order valence-electron chi connectivity index (χ1n) is 14.3. The lowest BCUT2D eigenvalue weighted by molar-refractivity contribution is -0.122. The van der Waals surface area contributed by atoms with Gasteiger partial charge in [-0.25, -0.2) is 0 Å². The van der Waals surface area contributed by atoms with E-state index in [-0.39, 0.29) is 17.0 Å². The summed E-state index contributed by atoms with van der Waals surface area (Å²) in [6.07, 6.45) is 8.73. The molecule has 0 saturated carbocycles. The van der Waals surface area contributed by atoms with Crippen molar-refractivity contribution >= 4 is 46.1 Å². The van der Waals surface area contributed by atoms with Gasteiger partial charge in [0, 0.05) is 51.9 Å². The Kier molecular flexibility index (Phi) is 10.6. The summed E-state index contributed by atoms with van der Waals surface area (Å²) in [5.74, 6) is 0.663. The predicted octanol–water partition coefficient (Wildman–Crippen LogP) is 5.45. The van der Waals surface area contributed by atoms with E-state index in [1.807, 2.05) is 12.1 Å². The number of anilines is 1. The summed E-state index contributed by atoms with van der Waals surface area (Å²) in [6, 6.07) is 12.5. The number of carbonyl (C=O) groups excluding carboxylic acids is 1. The molecule has 0 unspecified atom stereocenters. The molecule has 2 saturated heterocycles. The van der Waals surface area contributed by atoms with E-state index in [4.69, 9.17) is 12.2 Å². The smallest absolute Gasteiger partial charge is 0.270 e. The Morgan fingerprint density at radius 1 is 1.02 bits per heavy atom. The van der Waals surface area contributed by atoms with Crippen molar-refractivity contribution in [2.24, 2.45) is 7.05 Å². The summed E-state index contributed by atoms with van der Waals surface area (Å²) in [5.41, 5.74) is 2.43. The van der Waals surface area contributed by atoms with Crippen molar-refractivity contribution in [2.45, 2.75) is 58.9 Å². The van der Waals surface area contributed by atoms with Gasteiger partial charge < -0.3 is 4.90 Å². The molecule has 2 fully saturated rings. The number of benzene rings is 1. The maximum atomic E-state index is 13.4. The molecule has 0 aliphatic carbocycles. The molecule has 2 aliphatic rings. The third-order valence-corrected chi connectivity index (χ3v) is 9.15. The van der Waals surface area contributed by atoms with Gasteiger partial charge in [-0.05, 0) is 30.5 Å². The largest absolute Gasteiger partial charge is 0.355 e. The number of thiocarbonyl (C=S) groups is 1. The molecule has 7 nitrogen and oxygen atoms in total. The highest BCUT2D eigenvalue weighted by molar-refractivity contribution is 8.26. The molecule has 0 atom stereocenters. The molecule has 3 heterocycles. The molecule has 4 rings (SSSR count). The van der Waals surface area contributed by atoms with Crippen LogP contribution in [-0.4, -0.2) is 57.3 Å². The van der Waals surface area contributed by atoms with Crippen LogP contribution in [0.25, 0.3) is 6.08 Å². The molecule has 0 spiro atoms. The Labute approximate surface area is 247 Å². The van der Waals surface area contributed by atoms with Gasteiger partial charge in [-0.15, -0.1) is 0 Å². The molecule has 9 heteroatoms. The van der Waals surface area contributed by atoms with Crippen molar-refractivity contribution in [3.05, 3.63) is 67.8 Å². The normalized spacial score (nSPS) is 17.2. The fraction of sp³-hybridized carbons (Fsp3) is 0.484. The van der Waals surface area contributed by atoms with Crippen LogP contribution in [0.2, 0.25) is 0 Å². The van der Waals surface area contributed by atoms with Crippen molar-refractivity contribution < 1.29 is 4.79 Å². The Hall–Kier alpha value is -2.93. The van der Waals surface area contributed by atoms with Crippen molar-refractivity contribution in [3.8, 4) is 6.07 Å². The lowest BCUT2D eigenvalue weighted by atomic mass is 10.0. The molecule has 1 aromatic carbocycles. The van der Waals surface area contributed by atoms with Gasteiger partial charge >= 0.3 is 0 Å². The number of thioether (sulfide) groups is 1. The minimum Gasteiger partial charge on any atom is -0.355 e. The van der Waals surface area contributed by atoms with Gasteiger partial charge in [-0.2, -0.15) is 5.26 Å². The maximum Gasteiger partial charge on any atom is 0.270 e. The highest BCUT2D eigenvalue weighted by Gasteiger charge is 2.33. The van der Waals surface area contributed by atoms with Gasteiger partial charge in [0.15, 0.2) is 0 Å². The van der Waals surface area contributed by atoms with E-state index in [0.717, 1.165) is 56.9 Å². The van der Waals surface area contributed by atoms with Gasteiger partial charge in [0.25, 0.3) is 11.5 Å². The highest BCUT2D eigenvalue weighted by atomic mass is 32.2. The van der Waals surface area contributed by atoms with Crippen LogP contribution in [0.5, 0.6) is 0 Å². The first-order chi connectivity index (χ1) is 19.3. The third kappa shape index (κ3) is 6.85. The number of hydrogen-bond donors (Lipinski definition) is 0. The maximum absolute atomic E-state index is 13.4. The second kappa shape index (κ2) is 14.1. The zero-order valence-corrected chi connectivity index (χ0v) is 25.5. The van der Waals surface area contributed by atoms with Crippen LogP contribution in [0.15, 0.2) is 40.0 Å². The quantitative estimate of drug-likeness (QED) is 0.200. The van der Waals surface area contributed by atoms with Crippen LogP contribution in [-0.2, 0) is 18.4 Å². The van der Waals surface area contributed by atoms with Crippen molar-refractivity contribution in [3.63, 3.8) is 0 Å². The Morgan fingerprint density at radius 3 is 2.38 bits per heavy atom. The summed E-state index contributed by atoms with van der Waals surface area (Å²) in [6.45, 7) is 8.70. The number of pyridine rings is 1. The van der Waals surface area contributed by atoms with Crippen LogP contribution >= 0.6 is 24.0 Å². The molecular weight excluding hydrogens is 539 g/mol. The SMILES string of the molecule is CCCCCCCCN1C(=O)/C(=C\c2c(C)c(C#N)c(=O)n(C)c2N2CCN(Cc3ccccc3)CC2)SC1=S. The van der Waals surface area contributed by atoms with E-state index >= 15 is 0 Å². The Morgan fingerprint density at radius 2 is 1.70 bits per heavy atom. The van der Waals surface area contributed by atoms with Crippen LogP contribution in [0.4, 0.5) is 5.82 Å². The molecule has 0 N–H and O–H groups in total. The first-order valence-corrected chi connectivity index (χ1v) is 15.5. The number of amides is 1. The van der Waals surface area contributed by atoms with Crippen molar-refractivity contribution in [2.75, 3.05) is 37.6 Å². The second-order valence-corrected chi connectivity index (χ2v) is 12.2. The minimum atomic E-state index is -0.311. The number of nitriles is 1. The molecular formula is C31H39N5O2S2. The third-order valence-electron chi connectivity index (χ3n) is 7.77. The molecule has 1 aromatic heterocycles. The minimum absolute atomic E-state index is 0.0889. The van der Waals surface area contributed by atoms with E-state index in [2.05, 4.69) is 47.1 Å². The molecule has 2 aromatic rings. The van der Waals surface area contributed by atoms with E-state index in [1.165, 1.54) is 43.0 Å². The lowest BCUT2D eigenvalue weighted by Gasteiger charge is -2.37. The topological polar surface area (TPSA) is 72.6 Å². The van der Waals surface area contributed by atoms with Crippen LogP contribution < -0.4 is 10.5 Å². The molecule has 1 amide bonds. The average molecular weight is 578 g/mol. The first kappa shape index (κ1) is 30.0. The van der Waals surface area contributed by atoms with Gasteiger partial charge in [0.1, 0.15) is 21.8 Å². The number of rotatable bonds is 11. The van der Waals surface area contributed by atoms with E-state index in [0.29, 0.717) is 21.3 Å². The molecule has 0 radical (unpaired) electrons. The van der Waals surface area contributed by atoms with Crippen LogP contribution in [0.3, 0.4) is 0 Å². The monoisotopic (exact) mass is 577 g/mol. The standard InChI is InChI=1S/C31H39N5O2S2/c1-4-5-6-7-8-12-15-36-30(38)27(40-31(36)39)20-25-23(2)26(21-32)29(37)33(3)28(25)35-18-16-34(17-19-35)22-24-13-10-9-11-14-24/h9-11,13-14,20H,4-8,12,15-19,22H2,1-3H3/b27-20+. The fourth-order valence-electron chi connectivity index (χ4n) is 5.43. The molecule has 40 heavy (non-hydrogen) atoms. The van der Waals surface area contributed by atoms with Crippen LogP contribution in [0, 0.1) is 18.3 Å². The van der Waals surface area contributed by atoms with Crippen molar-refractivity contribution in [1.29, 1.82) is 5.26 Å². The average Bonchev–Trinajstić information content (AvgIpc) is 3.22. The molecule has 212 valence electrons. The number of aromatic nitrogens is 1. The van der Waals surface area contributed by atoms with E-state index in [1.54, 1.807) is 23.4 Å². The zero-order chi connectivity index (χ0) is 28.6. The number of carbonyl (C=O) groups is 1. The number of hydrogen-bond acceptors (Lipinski definition) is 7. The summed E-state index contributed by atoms with van der Waals surface area (Å²) < 4.78 is 2.14. The summed E-state index contributed by atoms with van der Waals surface area (Å²) >= 11 is 6.90. The van der Waals surface area contributed by atoms with Gasteiger partial charge in [-0.1, -0.05) is 93.3 Å². The number of unbranched alkanes of at least 4 members (excludes halogenated alkanes) is 5. The van der Waals surface area contributed by atoms with Crippen LogP contribution in [0.1, 0.15) is 67.7 Å². The zero-order valence-electron chi connectivity index (χ0n) is 23.8. The van der Waals surface area contributed by atoms with E-state index in [9.17, 15) is 14.9 Å². The molecule has 0 bridgehead atoms. The Bertz CT molecular complexity index is 1350. The van der Waals surface area contributed by atoms with Gasteiger partial charge in [-0.3, -0.25) is 24.0 Å². The number of nitrogens with zero attached hydrogens (tertiary/aromatic N) is 5. The Balaban J connectivity index is 1.56. The predicted molar refractivity (Wildman–Crippen MR) is 168 cm³/mol. The number of piperazine rings is 1. The van der Waals surface area contributed by atoms with Crippen molar-refractivity contribution in [1.82, 2.24) is 14.4 Å². The highest BCUT2D eigenvalue weighted by Crippen LogP contribution is 2.36.